The van der Waals surface area contributed by atoms with Gasteiger partial charge in [0.2, 0.25) is 10.0 Å². The van der Waals surface area contributed by atoms with Crippen LogP contribution in [0.3, 0.4) is 0 Å². The van der Waals surface area contributed by atoms with Crippen molar-refractivity contribution in [2.45, 2.75) is 37.1 Å². The van der Waals surface area contributed by atoms with Gasteiger partial charge in [0.15, 0.2) is 0 Å². The van der Waals surface area contributed by atoms with Gasteiger partial charge in [0.25, 0.3) is 0 Å². The molecule has 0 fully saturated rings. The number of nitrogens with zero attached hydrogens (tertiary/aromatic N) is 1. The zero-order valence-corrected chi connectivity index (χ0v) is 15.9. The highest BCUT2D eigenvalue weighted by molar-refractivity contribution is 7.89. The first-order chi connectivity index (χ1) is 13.1. The second-order valence-electron chi connectivity index (χ2n) is 7.29. The third-order valence-electron chi connectivity index (χ3n) is 5.62. The minimum absolute atomic E-state index is 0.335. The molecule has 6 heteroatoms. The highest BCUT2D eigenvalue weighted by Gasteiger charge is 2.28. The largest absolute Gasteiger partial charge is 0.492 e. The van der Waals surface area contributed by atoms with E-state index in [0.717, 1.165) is 41.5 Å². The van der Waals surface area contributed by atoms with Crippen molar-refractivity contribution in [1.82, 2.24) is 9.29 Å². The van der Waals surface area contributed by atoms with Crippen LogP contribution >= 0.6 is 0 Å². The van der Waals surface area contributed by atoms with Gasteiger partial charge in [0.05, 0.1) is 4.90 Å². The molecule has 1 N–H and O–H groups in total. The smallest absolute Gasteiger partial charge is 0.243 e. The zero-order chi connectivity index (χ0) is 18.4. The van der Waals surface area contributed by atoms with Crippen molar-refractivity contribution < 1.29 is 13.2 Å². The number of rotatable bonds is 2. The molecule has 140 valence electrons. The van der Waals surface area contributed by atoms with E-state index in [1.54, 1.807) is 6.07 Å². The summed E-state index contributed by atoms with van der Waals surface area (Å²) < 4.78 is 33.9. The number of ether oxygens (including phenoxy) is 1. The van der Waals surface area contributed by atoms with Crippen molar-refractivity contribution in [3.05, 3.63) is 59.3 Å². The van der Waals surface area contributed by atoms with E-state index in [1.807, 2.05) is 36.4 Å². The third kappa shape index (κ3) is 2.84. The molecule has 0 radical (unpaired) electrons. The van der Waals surface area contributed by atoms with E-state index in [1.165, 1.54) is 22.0 Å². The Bertz CT molecular complexity index is 1120. The molecule has 2 heterocycles. The fourth-order valence-corrected chi connectivity index (χ4v) is 5.63. The number of benzene rings is 2. The molecule has 0 unspecified atom stereocenters. The maximum Gasteiger partial charge on any atom is 0.243 e. The topological polar surface area (TPSA) is 62.4 Å². The second kappa shape index (κ2) is 6.39. The van der Waals surface area contributed by atoms with Crippen molar-refractivity contribution in [2.24, 2.45) is 0 Å². The lowest BCUT2D eigenvalue weighted by Gasteiger charge is -2.19. The molecular formula is C21H22N2O3S. The van der Waals surface area contributed by atoms with Gasteiger partial charge in [0.1, 0.15) is 12.4 Å². The first-order valence-electron chi connectivity index (χ1n) is 9.47. The Morgan fingerprint density at radius 3 is 2.81 bits per heavy atom. The number of H-pyrrole nitrogens is 1. The summed E-state index contributed by atoms with van der Waals surface area (Å²) in [6.45, 7) is 1.04. The lowest BCUT2D eigenvalue weighted by Crippen LogP contribution is -2.32. The maximum absolute atomic E-state index is 13.3. The molecule has 1 aromatic heterocycles. The SMILES string of the molecule is O=S(=O)(c1ccc2[nH]c3c(c2c1)CCCC3)N1CCOc2ccccc2C1. The maximum atomic E-state index is 13.3. The summed E-state index contributed by atoms with van der Waals surface area (Å²) in [5, 5.41) is 1.05. The summed E-state index contributed by atoms with van der Waals surface area (Å²) in [6, 6.07) is 13.1. The van der Waals surface area contributed by atoms with Crippen LogP contribution < -0.4 is 4.74 Å². The first kappa shape index (κ1) is 16.8. The highest BCUT2D eigenvalue weighted by atomic mass is 32.2. The van der Waals surface area contributed by atoms with E-state index in [4.69, 9.17) is 4.74 Å². The number of hydrogen-bond acceptors (Lipinski definition) is 3. The molecule has 0 atom stereocenters. The zero-order valence-electron chi connectivity index (χ0n) is 15.1. The van der Waals surface area contributed by atoms with Crippen molar-refractivity contribution in [3.63, 3.8) is 0 Å². The van der Waals surface area contributed by atoms with Crippen LogP contribution in [0.5, 0.6) is 5.75 Å². The average molecular weight is 382 g/mol. The third-order valence-corrected chi connectivity index (χ3v) is 7.47. The van der Waals surface area contributed by atoms with Crippen LogP contribution in [0.2, 0.25) is 0 Å². The number of aryl methyl sites for hydroxylation is 2. The molecule has 3 aromatic rings. The monoisotopic (exact) mass is 382 g/mol. The van der Waals surface area contributed by atoms with E-state index in [9.17, 15) is 8.42 Å². The molecule has 0 bridgehead atoms. The Labute approximate surface area is 159 Å². The van der Waals surface area contributed by atoms with E-state index in [0.29, 0.717) is 24.6 Å². The van der Waals surface area contributed by atoms with E-state index >= 15 is 0 Å². The Morgan fingerprint density at radius 1 is 1.04 bits per heavy atom. The number of aromatic amines is 1. The number of fused-ring (bicyclic) bond motifs is 4. The number of para-hydroxylation sites is 1. The van der Waals surface area contributed by atoms with Crippen LogP contribution in [0, 0.1) is 0 Å². The molecule has 5 rings (SSSR count). The van der Waals surface area contributed by atoms with Crippen LogP contribution in [0.4, 0.5) is 0 Å². The van der Waals surface area contributed by atoms with Crippen molar-refractivity contribution in [1.29, 1.82) is 0 Å². The van der Waals surface area contributed by atoms with Crippen molar-refractivity contribution in [3.8, 4) is 5.75 Å². The summed E-state index contributed by atoms with van der Waals surface area (Å²) in [6.07, 6.45) is 4.42. The summed E-state index contributed by atoms with van der Waals surface area (Å²) in [5.74, 6) is 0.769. The van der Waals surface area contributed by atoms with Gasteiger partial charge >= 0.3 is 0 Å². The Kier molecular flexibility index (Phi) is 3.98. The summed E-state index contributed by atoms with van der Waals surface area (Å²) >= 11 is 0. The molecule has 27 heavy (non-hydrogen) atoms. The van der Waals surface area contributed by atoms with Crippen LogP contribution in [0.15, 0.2) is 47.4 Å². The lowest BCUT2D eigenvalue weighted by atomic mass is 9.96. The summed E-state index contributed by atoms with van der Waals surface area (Å²) in [7, 11) is -3.58. The predicted molar refractivity (Wildman–Crippen MR) is 104 cm³/mol. The minimum Gasteiger partial charge on any atom is -0.492 e. The summed E-state index contributed by atoms with van der Waals surface area (Å²) in [4.78, 5) is 3.83. The molecular weight excluding hydrogens is 360 g/mol. The van der Waals surface area contributed by atoms with Crippen LogP contribution in [0.25, 0.3) is 10.9 Å². The fourth-order valence-electron chi connectivity index (χ4n) is 4.20. The molecule has 0 saturated carbocycles. The molecule has 1 aliphatic heterocycles. The van der Waals surface area contributed by atoms with Crippen LogP contribution in [0.1, 0.15) is 29.7 Å². The Balaban J connectivity index is 1.55. The van der Waals surface area contributed by atoms with Crippen LogP contribution in [-0.4, -0.2) is 30.9 Å². The lowest BCUT2D eigenvalue weighted by molar-refractivity contribution is 0.293. The number of sulfonamides is 1. The molecule has 0 saturated heterocycles. The molecule has 5 nitrogen and oxygen atoms in total. The van der Waals surface area contributed by atoms with Gasteiger partial charge in [0, 0.05) is 35.2 Å². The Hall–Kier alpha value is -2.31. The van der Waals surface area contributed by atoms with Gasteiger partial charge in [-0.25, -0.2) is 8.42 Å². The van der Waals surface area contributed by atoms with Crippen molar-refractivity contribution in [2.75, 3.05) is 13.2 Å². The van der Waals surface area contributed by atoms with Gasteiger partial charge in [-0.15, -0.1) is 0 Å². The molecule has 2 aliphatic rings. The average Bonchev–Trinajstić information content (AvgIpc) is 2.90. The second-order valence-corrected chi connectivity index (χ2v) is 9.23. The van der Waals surface area contributed by atoms with Gasteiger partial charge in [-0.1, -0.05) is 18.2 Å². The molecule has 0 amide bonds. The first-order valence-corrected chi connectivity index (χ1v) is 10.9. The minimum atomic E-state index is -3.58. The molecule has 1 aliphatic carbocycles. The number of nitrogens with one attached hydrogen (secondary N) is 1. The fraction of sp³-hybridized carbons (Fsp3) is 0.333. The standard InChI is InChI=1S/C21H22N2O3S/c24-27(25,23-11-12-26-21-8-4-1-5-15(21)14-23)16-9-10-20-18(13-16)17-6-2-3-7-19(17)22-20/h1,4-5,8-10,13,22H,2-3,6-7,11-12,14H2. The van der Waals surface area contributed by atoms with Crippen molar-refractivity contribution >= 4 is 20.9 Å². The summed E-state index contributed by atoms with van der Waals surface area (Å²) in [5.41, 5.74) is 4.49. The number of aromatic nitrogens is 1. The van der Waals surface area contributed by atoms with Gasteiger partial charge < -0.3 is 9.72 Å². The molecule has 2 aromatic carbocycles. The Morgan fingerprint density at radius 2 is 1.89 bits per heavy atom. The van der Waals surface area contributed by atoms with E-state index in [-0.39, 0.29) is 0 Å². The molecule has 0 spiro atoms. The normalized spacial score (nSPS) is 17.8. The van der Waals surface area contributed by atoms with Gasteiger partial charge in [-0.3, -0.25) is 0 Å². The highest BCUT2D eigenvalue weighted by Crippen LogP contribution is 2.32. The van der Waals surface area contributed by atoms with E-state index < -0.39 is 10.0 Å². The quantitative estimate of drug-likeness (QED) is 0.736. The number of hydrogen-bond donors (Lipinski definition) is 1. The predicted octanol–water partition coefficient (Wildman–Crippen LogP) is 3.63. The van der Waals surface area contributed by atoms with Gasteiger partial charge in [-0.05, 0) is 55.5 Å². The van der Waals surface area contributed by atoms with Gasteiger partial charge in [-0.2, -0.15) is 4.31 Å². The van der Waals surface area contributed by atoms with Crippen LogP contribution in [-0.2, 0) is 29.4 Å². The van der Waals surface area contributed by atoms with E-state index in [2.05, 4.69) is 4.98 Å².